The lowest BCUT2D eigenvalue weighted by Crippen LogP contribution is -2.06. The number of aryl methyl sites for hydroxylation is 1. The van der Waals surface area contributed by atoms with Crippen molar-refractivity contribution in [3.8, 4) is 0 Å². The predicted octanol–water partition coefficient (Wildman–Crippen LogP) is 3.71. The number of carbonyl (C=O) groups is 1. The Bertz CT molecular complexity index is 898. The van der Waals surface area contributed by atoms with Gasteiger partial charge in [-0.3, -0.25) is 4.98 Å². The molecule has 0 saturated carbocycles. The molecule has 0 bridgehead atoms. The Morgan fingerprint density at radius 2 is 1.74 bits per heavy atom. The van der Waals surface area contributed by atoms with E-state index in [1.54, 1.807) is 31.5 Å². The first-order valence-corrected chi connectivity index (χ1v) is 8.66. The minimum Gasteiger partial charge on any atom is -0.462 e. The van der Waals surface area contributed by atoms with Crippen LogP contribution < -0.4 is 10.6 Å². The molecule has 0 unspecified atom stereocenters. The number of ether oxygens (including phenoxy) is 1. The molecule has 0 spiro atoms. The fourth-order valence-corrected chi connectivity index (χ4v) is 2.47. The first-order valence-electron chi connectivity index (χ1n) is 8.66. The van der Waals surface area contributed by atoms with Gasteiger partial charge in [-0.25, -0.2) is 14.8 Å². The fourth-order valence-electron chi connectivity index (χ4n) is 2.47. The highest BCUT2D eigenvalue weighted by Gasteiger charge is 2.07. The summed E-state index contributed by atoms with van der Waals surface area (Å²) in [6.45, 7) is 4.62. The molecule has 0 atom stereocenters. The minimum atomic E-state index is -0.329. The normalized spacial score (nSPS) is 10.3. The zero-order valence-corrected chi connectivity index (χ0v) is 15.3. The van der Waals surface area contributed by atoms with Crippen LogP contribution in [-0.4, -0.2) is 27.5 Å². The summed E-state index contributed by atoms with van der Waals surface area (Å²) in [7, 11) is 0. The van der Waals surface area contributed by atoms with E-state index in [2.05, 4.69) is 25.6 Å². The largest absolute Gasteiger partial charge is 0.462 e. The van der Waals surface area contributed by atoms with E-state index in [0.717, 1.165) is 17.1 Å². The third kappa shape index (κ3) is 5.24. The summed E-state index contributed by atoms with van der Waals surface area (Å²) in [4.78, 5) is 24.5. The lowest BCUT2D eigenvalue weighted by molar-refractivity contribution is 0.0526. The predicted molar refractivity (Wildman–Crippen MR) is 104 cm³/mol. The van der Waals surface area contributed by atoms with Gasteiger partial charge < -0.3 is 15.4 Å². The fraction of sp³-hybridized carbons (Fsp3) is 0.200. The zero-order chi connectivity index (χ0) is 19.1. The number of esters is 1. The molecule has 0 fully saturated rings. The third-order valence-electron chi connectivity index (χ3n) is 3.73. The second kappa shape index (κ2) is 8.75. The number of nitrogens with zero attached hydrogens (tertiary/aromatic N) is 3. The van der Waals surface area contributed by atoms with Crippen LogP contribution in [-0.2, 0) is 11.3 Å². The van der Waals surface area contributed by atoms with Crippen LogP contribution in [0.3, 0.4) is 0 Å². The number of hydrogen-bond acceptors (Lipinski definition) is 7. The molecule has 3 rings (SSSR count). The summed E-state index contributed by atoms with van der Waals surface area (Å²) in [6, 6.07) is 12.8. The Morgan fingerprint density at radius 1 is 1.04 bits per heavy atom. The van der Waals surface area contributed by atoms with Gasteiger partial charge in [0.2, 0.25) is 0 Å². The van der Waals surface area contributed by atoms with Crippen LogP contribution >= 0.6 is 0 Å². The monoisotopic (exact) mass is 363 g/mol. The highest BCUT2D eigenvalue weighted by molar-refractivity contribution is 5.89. The maximum Gasteiger partial charge on any atom is 0.338 e. The Labute approximate surface area is 157 Å². The number of carbonyl (C=O) groups excluding carboxylic acids is 1. The number of pyridine rings is 1. The van der Waals surface area contributed by atoms with Gasteiger partial charge in [0.15, 0.2) is 0 Å². The molecule has 1 aromatic carbocycles. The van der Waals surface area contributed by atoms with E-state index in [4.69, 9.17) is 4.74 Å². The maximum atomic E-state index is 11.7. The molecule has 0 amide bonds. The van der Waals surface area contributed by atoms with Crippen LogP contribution in [0.15, 0.2) is 54.9 Å². The van der Waals surface area contributed by atoms with E-state index >= 15 is 0 Å². The second-order valence-corrected chi connectivity index (χ2v) is 5.82. The van der Waals surface area contributed by atoms with Gasteiger partial charge in [-0.1, -0.05) is 0 Å². The van der Waals surface area contributed by atoms with Crippen LogP contribution in [0, 0.1) is 6.92 Å². The molecule has 2 aromatic heterocycles. The average Bonchev–Trinajstić information content (AvgIpc) is 2.67. The number of rotatable bonds is 7. The van der Waals surface area contributed by atoms with E-state index in [1.165, 1.54) is 0 Å². The molecule has 2 heterocycles. The molecule has 0 aliphatic carbocycles. The summed E-state index contributed by atoms with van der Waals surface area (Å²) in [6.07, 6.45) is 3.52. The van der Waals surface area contributed by atoms with Crippen molar-refractivity contribution >= 4 is 23.3 Å². The zero-order valence-electron chi connectivity index (χ0n) is 15.3. The molecule has 138 valence electrons. The van der Waals surface area contributed by atoms with E-state index in [-0.39, 0.29) is 5.97 Å². The van der Waals surface area contributed by atoms with Crippen molar-refractivity contribution in [2.45, 2.75) is 20.4 Å². The number of anilines is 3. The summed E-state index contributed by atoms with van der Waals surface area (Å²) in [5.74, 6) is 1.72. The van der Waals surface area contributed by atoms with E-state index in [1.807, 2.05) is 37.3 Å². The number of aromatic nitrogens is 3. The summed E-state index contributed by atoms with van der Waals surface area (Å²) in [5, 5.41) is 6.51. The van der Waals surface area contributed by atoms with Crippen LogP contribution in [0.25, 0.3) is 0 Å². The molecule has 0 radical (unpaired) electrons. The van der Waals surface area contributed by atoms with E-state index < -0.39 is 0 Å². The lowest BCUT2D eigenvalue weighted by Gasteiger charge is -2.11. The average molecular weight is 363 g/mol. The molecular formula is C20H21N5O2. The van der Waals surface area contributed by atoms with Crippen LogP contribution in [0.4, 0.5) is 17.3 Å². The number of hydrogen-bond donors (Lipinski definition) is 2. The van der Waals surface area contributed by atoms with Gasteiger partial charge >= 0.3 is 5.97 Å². The molecule has 27 heavy (non-hydrogen) atoms. The second-order valence-electron chi connectivity index (χ2n) is 5.82. The summed E-state index contributed by atoms with van der Waals surface area (Å²) >= 11 is 0. The molecule has 7 nitrogen and oxygen atoms in total. The van der Waals surface area contributed by atoms with Crippen LogP contribution in [0.2, 0.25) is 0 Å². The van der Waals surface area contributed by atoms with Crippen molar-refractivity contribution in [3.05, 3.63) is 71.8 Å². The van der Waals surface area contributed by atoms with Gasteiger partial charge in [-0.15, -0.1) is 0 Å². The standard InChI is InChI=1S/C20H21N5O2/c1-3-27-20(26)16-4-6-17(7-5-16)25-19-12-18(23-14(2)24-19)22-13-15-8-10-21-11-9-15/h4-12H,3,13H2,1-2H3,(H2,22,23,24,25). The van der Waals surface area contributed by atoms with Crippen molar-refractivity contribution in [1.82, 2.24) is 15.0 Å². The van der Waals surface area contributed by atoms with Gasteiger partial charge in [0.1, 0.15) is 17.5 Å². The smallest absolute Gasteiger partial charge is 0.338 e. The Hall–Kier alpha value is -3.48. The van der Waals surface area contributed by atoms with Crippen molar-refractivity contribution in [2.24, 2.45) is 0 Å². The van der Waals surface area contributed by atoms with Gasteiger partial charge in [-0.05, 0) is 55.8 Å². The molecule has 0 aliphatic heterocycles. The Balaban J connectivity index is 1.68. The van der Waals surface area contributed by atoms with Crippen LogP contribution in [0.5, 0.6) is 0 Å². The SMILES string of the molecule is CCOC(=O)c1ccc(Nc2cc(NCc3ccncc3)nc(C)n2)cc1. The van der Waals surface area contributed by atoms with Crippen molar-refractivity contribution in [2.75, 3.05) is 17.2 Å². The van der Waals surface area contributed by atoms with E-state index in [0.29, 0.717) is 30.4 Å². The minimum absolute atomic E-state index is 0.329. The van der Waals surface area contributed by atoms with Gasteiger partial charge in [0.25, 0.3) is 0 Å². The molecule has 0 saturated heterocycles. The molecule has 0 aliphatic rings. The van der Waals surface area contributed by atoms with E-state index in [9.17, 15) is 4.79 Å². The van der Waals surface area contributed by atoms with Gasteiger partial charge in [0.05, 0.1) is 12.2 Å². The summed E-state index contributed by atoms with van der Waals surface area (Å²) < 4.78 is 4.99. The van der Waals surface area contributed by atoms with Crippen molar-refractivity contribution in [3.63, 3.8) is 0 Å². The Kier molecular flexibility index (Phi) is 5.94. The van der Waals surface area contributed by atoms with Gasteiger partial charge in [0, 0.05) is 30.7 Å². The molecule has 3 aromatic rings. The topological polar surface area (TPSA) is 89.0 Å². The van der Waals surface area contributed by atoms with Crippen molar-refractivity contribution < 1.29 is 9.53 Å². The maximum absolute atomic E-state index is 11.7. The first kappa shape index (κ1) is 18.3. The summed E-state index contributed by atoms with van der Waals surface area (Å²) in [5.41, 5.74) is 2.45. The molecular weight excluding hydrogens is 342 g/mol. The first-order chi connectivity index (χ1) is 13.1. The molecule has 7 heteroatoms. The lowest BCUT2D eigenvalue weighted by atomic mass is 10.2. The highest BCUT2D eigenvalue weighted by atomic mass is 16.5. The van der Waals surface area contributed by atoms with Crippen molar-refractivity contribution in [1.29, 1.82) is 0 Å². The highest BCUT2D eigenvalue weighted by Crippen LogP contribution is 2.19. The van der Waals surface area contributed by atoms with Gasteiger partial charge in [-0.2, -0.15) is 0 Å². The van der Waals surface area contributed by atoms with Crippen LogP contribution in [0.1, 0.15) is 28.7 Å². The number of nitrogens with one attached hydrogen (secondary N) is 2. The quantitative estimate of drug-likeness (QED) is 0.619. The Morgan fingerprint density at radius 3 is 2.44 bits per heavy atom. The molecule has 2 N–H and O–H groups in total. The third-order valence-corrected chi connectivity index (χ3v) is 3.73. The number of benzene rings is 1.